The fourth-order valence-corrected chi connectivity index (χ4v) is 2.75. The van der Waals surface area contributed by atoms with Crippen LogP contribution < -0.4 is 10.2 Å². The van der Waals surface area contributed by atoms with Crippen LogP contribution in [0.1, 0.15) is 17.4 Å². The van der Waals surface area contributed by atoms with Crippen molar-refractivity contribution in [1.82, 2.24) is 4.98 Å². The van der Waals surface area contributed by atoms with Crippen LogP contribution in [0.25, 0.3) is 0 Å². The quantitative estimate of drug-likeness (QED) is 0.785. The normalized spacial score (nSPS) is 14.6. The topological polar surface area (TPSA) is 91.5 Å². The minimum atomic E-state index is -1.03. The first-order chi connectivity index (χ1) is 11.5. The second kappa shape index (κ2) is 6.48. The number of H-pyrrole nitrogens is 1. The highest BCUT2D eigenvalue weighted by Gasteiger charge is 2.31. The maximum atomic E-state index is 12.6. The van der Waals surface area contributed by atoms with Crippen LogP contribution in [-0.4, -0.2) is 35.4 Å². The van der Waals surface area contributed by atoms with Crippen molar-refractivity contribution in [3.8, 4) is 0 Å². The van der Waals surface area contributed by atoms with Crippen LogP contribution in [-0.2, 0) is 14.3 Å². The molecule has 0 bridgehead atoms. The Bertz CT molecular complexity index is 817. The van der Waals surface area contributed by atoms with Crippen molar-refractivity contribution in [1.29, 1.82) is 0 Å². The minimum absolute atomic E-state index is 0.119. The zero-order chi connectivity index (χ0) is 17.3. The average molecular weight is 392 g/mol. The number of hydrogen-bond acceptors (Lipinski definition) is 4. The average Bonchev–Trinajstić information content (AvgIpc) is 3.00. The molecule has 0 saturated heterocycles. The summed E-state index contributed by atoms with van der Waals surface area (Å²) in [5.41, 5.74) is 1.36. The Kier molecular flexibility index (Phi) is 4.39. The van der Waals surface area contributed by atoms with Crippen molar-refractivity contribution in [3.05, 3.63) is 46.7 Å². The molecule has 1 atom stereocenters. The number of carbonyl (C=O) groups is 3. The van der Waals surface area contributed by atoms with Gasteiger partial charge in [0.25, 0.3) is 5.91 Å². The van der Waals surface area contributed by atoms with Crippen LogP contribution in [0, 0.1) is 0 Å². The van der Waals surface area contributed by atoms with Crippen LogP contribution in [0.2, 0.25) is 0 Å². The van der Waals surface area contributed by atoms with E-state index in [1.54, 1.807) is 36.5 Å². The van der Waals surface area contributed by atoms with Crippen molar-refractivity contribution in [2.24, 2.45) is 0 Å². The maximum Gasteiger partial charge on any atom is 0.355 e. The highest BCUT2D eigenvalue weighted by molar-refractivity contribution is 9.10. The van der Waals surface area contributed by atoms with Gasteiger partial charge in [-0.2, -0.15) is 0 Å². The molecule has 1 aliphatic rings. The molecule has 1 aromatic carbocycles. The van der Waals surface area contributed by atoms with Gasteiger partial charge in [-0.3, -0.25) is 14.5 Å². The van der Waals surface area contributed by atoms with Crippen molar-refractivity contribution in [2.75, 3.05) is 16.8 Å². The first kappa shape index (κ1) is 16.3. The van der Waals surface area contributed by atoms with E-state index in [1.165, 1.54) is 11.8 Å². The summed E-state index contributed by atoms with van der Waals surface area (Å²) in [6.45, 7) is 1.36. The van der Waals surface area contributed by atoms with Gasteiger partial charge in [0.15, 0.2) is 6.10 Å². The van der Waals surface area contributed by atoms with Crippen LogP contribution in [0.5, 0.6) is 0 Å². The van der Waals surface area contributed by atoms with E-state index in [-0.39, 0.29) is 18.1 Å². The lowest BCUT2D eigenvalue weighted by Crippen LogP contribution is -2.47. The van der Waals surface area contributed by atoms with Crippen molar-refractivity contribution < 1.29 is 19.1 Å². The lowest BCUT2D eigenvalue weighted by Gasteiger charge is -2.30. The Morgan fingerprint density at radius 3 is 2.79 bits per heavy atom. The summed E-state index contributed by atoms with van der Waals surface area (Å²) < 4.78 is 5.90. The van der Waals surface area contributed by atoms with Crippen LogP contribution >= 0.6 is 15.9 Å². The molecule has 24 heavy (non-hydrogen) atoms. The number of carbonyl (C=O) groups excluding carboxylic acids is 3. The maximum absolute atomic E-state index is 12.6. The van der Waals surface area contributed by atoms with Gasteiger partial charge in [0.05, 0.1) is 11.4 Å². The highest BCUT2D eigenvalue weighted by atomic mass is 79.9. The zero-order valence-corrected chi connectivity index (χ0v) is 14.3. The van der Waals surface area contributed by atoms with Crippen LogP contribution in [0.4, 0.5) is 11.4 Å². The first-order valence-electron chi connectivity index (χ1n) is 7.21. The molecule has 0 aliphatic carbocycles. The molecule has 3 rings (SSSR count). The second-order valence-electron chi connectivity index (χ2n) is 5.27. The van der Waals surface area contributed by atoms with Crippen molar-refractivity contribution in [2.45, 2.75) is 13.0 Å². The number of nitrogens with one attached hydrogen (secondary N) is 2. The fraction of sp³-hybridized carbons (Fsp3) is 0.188. The highest BCUT2D eigenvalue weighted by Crippen LogP contribution is 2.29. The third-order valence-electron chi connectivity index (χ3n) is 3.54. The minimum Gasteiger partial charge on any atom is -0.448 e. The molecule has 0 saturated carbocycles. The standard InChI is InChI=1S/C16H14BrN3O4/c1-9(24-16(23)12-6-10(17)7-18-12)15(22)20-8-14(21)19-11-4-2-3-5-13(11)20/h2-7,9,18H,8H2,1H3,(H,19,21)/t9-/m0/s1. The van der Waals surface area contributed by atoms with E-state index in [2.05, 4.69) is 26.2 Å². The Hall–Kier alpha value is -2.61. The molecular formula is C16H14BrN3O4. The number of aromatic amines is 1. The Morgan fingerprint density at radius 1 is 1.33 bits per heavy atom. The molecule has 2 aromatic rings. The summed E-state index contributed by atoms with van der Waals surface area (Å²) in [6.07, 6.45) is 0.562. The van der Waals surface area contributed by atoms with Crippen molar-refractivity contribution >= 4 is 45.1 Å². The zero-order valence-electron chi connectivity index (χ0n) is 12.7. The largest absolute Gasteiger partial charge is 0.448 e. The van der Waals surface area contributed by atoms with E-state index in [9.17, 15) is 14.4 Å². The number of rotatable bonds is 3. The number of nitrogens with zero attached hydrogens (tertiary/aromatic N) is 1. The molecule has 0 spiro atoms. The number of aromatic nitrogens is 1. The number of hydrogen-bond donors (Lipinski definition) is 2. The Morgan fingerprint density at radius 2 is 2.08 bits per heavy atom. The SMILES string of the molecule is C[C@H](OC(=O)c1cc(Br)c[nH]1)C(=O)N1CC(=O)Nc2ccccc21. The predicted octanol–water partition coefficient (Wildman–Crippen LogP) is 2.31. The van der Waals surface area contributed by atoms with Gasteiger partial charge in [0.2, 0.25) is 5.91 Å². The van der Waals surface area contributed by atoms with Gasteiger partial charge in [-0.05, 0) is 41.1 Å². The van der Waals surface area contributed by atoms with Gasteiger partial charge < -0.3 is 15.0 Å². The molecule has 2 N–H and O–H groups in total. The van der Waals surface area contributed by atoms with E-state index in [1.807, 2.05) is 0 Å². The molecule has 0 fully saturated rings. The van der Waals surface area contributed by atoms with E-state index in [0.29, 0.717) is 15.8 Å². The molecule has 1 aromatic heterocycles. The van der Waals surface area contributed by atoms with Gasteiger partial charge in [-0.25, -0.2) is 4.79 Å². The number of fused-ring (bicyclic) bond motifs is 1. The first-order valence-corrected chi connectivity index (χ1v) is 8.00. The van der Waals surface area contributed by atoms with E-state index in [4.69, 9.17) is 4.74 Å². The number of halogens is 1. The van der Waals surface area contributed by atoms with Gasteiger partial charge in [-0.15, -0.1) is 0 Å². The molecule has 8 heteroatoms. The monoisotopic (exact) mass is 391 g/mol. The number of ether oxygens (including phenoxy) is 1. The number of amides is 2. The lowest BCUT2D eigenvalue weighted by atomic mass is 10.1. The smallest absolute Gasteiger partial charge is 0.355 e. The van der Waals surface area contributed by atoms with Gasteiger partial charge in [0.1, 0.15) is 12.2 Å². The summed E-state index contributed by atoms with van der Waals surface area (Å²) in [5, 5.41) is 2.70. The van der Waals surface area contributed by atoms with E-state index in [0.717, 1.165) is 0 Å². The van der Waals surface area contributed by atoms with Crippen LogP contribution in [0.3, 0.4) is 0 Å². The number of anilines is 2. The van der Waals surface area contributed by atoms with Crippen LogP contribution in [0.15, 0.2) is 41.0 Å². The third kappa shape index (κ3) is 3.18. The van der Waals surface area contributed by atoms with E-state index >= 15 is 0 Å². The summed E-state index contributed by atoms with van der Waals surface area (Å²) >= 11 is 3.22. The van der Waals surface area contributed by atoms with Gasteiger partial charge in [-0.1, -0.05) is 12.1 Å². The fourth-order valence-electron chi connectivity index (χ4n) is 2.41. The van der Waals surface area contributed by atoms with Gasteiger partial charge >= 0.3 is 5.97 Å². The number of esters is 1. The predicted molar refractivity (Wildman–Crippen MR) is 90.8 cm³/mol. The summed E-state index contributed by atoms with van der Waals surface area (Å²) in [4.78, 5) is 40.5. The Labute approximate surface area is 146 Å². The molecule has 1 aliphatic heterocycles. The molecule has 7 nitrogen and oxygen atoms in total. The lowest BCUT2D eigenvalue weighted by molar-refractivity contribution is -0.128. The number of benzene rings is 1. The molecular weight excluding hydrogens is 378 g/mol. The Balaban J connectivity index is 1.76. The number of para-hydroxylation sites is 2. The van der Waals surface area contributed by atoms with E-state index < -0.39 is 18.0 Å². The van der Waals surface area contributed by atoms with Gasteiger partial charge in [0, 0.05) is 10.7 Å². The summed E-state index contributed by atoms with van der Waals surface area (Å²) in [5.74, 6) is -1.40. The third-order valence-corrected chi connectivity index (χ3v) is 3.99. The molecule has 0 radical (unpaired) electrons. The molecule has 0 unspecified atom stereocenters. The summed E-state index contributed by atoms with van der Waals surface area (Å²) in [6, 6.07) is 8.52. The molecule has 2 heterocycles. The summed E-state index contributed by atoms with van der Waals surface area (Å²) in [7, 11) is 0. The second-order valence-corrected chi connectivity index (χ2v) is 6.18. The molecule has 2 amide bonds. The van der Waals surface area contributed by atoms with Crippen molar-refractivity contribution in [3.63, 3.8) is 0 Å². The molecule has 124 valence electrons.